The summed E-state index contributed by atoms with van der Waals surface area (Å²) in [5.74, 6) is -0.423. The monoisotopic (exact) mass is 286 g/mol. The molecule has 0 spiro atoms. The van der Waals surface area contributed by atoms with Gasteiger partial charge in [0.25, 0.3) is 0 Å². The molecule has 4 bridgehead atoms. The summed E-state index contributed by atoms with van der Waals surface area (Å²) < 4.78 is 18.8. The van der Waals surface area contributed by atoms with Crippen molar-refractivity contribution in [2.24, 2.45) is 5.92 Å². The molecule has 0 aromatic heterocycles. The lowest BCUT2D eigenvalue weighted by Gasteiger charge is -2.69. The molecule has 4 heteroatoms. The fourth-order valence-corrected chi connectivity index (χ4v) is 6.58. The predicted molar refractivity (Wildman–Crippen MR) is 77.9 cm³/mol. The van der Waals surface area contributed by atoms with Crippen molar-refractivity contribution in [2.45, 2.75) is 76.7 Å². The molecule has 0 aromatic carbocycles. The van der Waals surface area contributed by atoms with Crippen LogP contribution in [0.15, 0.2) is 0 Å². The first-order chi connectivity index (χ1) is 8.73. The summed E-state index contributed by atoms with van der Waals surface area (Å²) in [6.07, 6.45) is 5.54. The molecule has 5 atom stereocenters. The fraction of sp³-hybridized carbons (Fsp3) is 1.00. The summed E-state index contributed by atoms with van der Waals surface area (Å²) in [4.78, 5) is 0. The van der Waals surface area contributed by atoms with Crippen LogP contribution in [0.5, 0.6) is 0 Å². The Hall–Kier alpha value is 0.310. The van der Waals surface area contributed by atoms with Gasteiger partial charge in [-0.2, -0.15) is 0 Å². The smallest absolute Gasteiger partial charge is 0.172 e. The summed E-state index contributed by atoms with van der Waals surface area (Å²) in [7, 11) is 1.02. The Kier molecular flexibility index (Phi) is 3.12. The van der Waals surface area contributed by atoms with Gasteiger partial charge < -0.3 is 14.2 Å². The highest BCUT2D eigenvalue weighted by molar-refractivity contribution is 7.37. The van der Waals surface area contributed by atoms with Crippen molar-refractivity contribution in [2.75, 3.05) is 12.3 Å². The molecule has 0 aromatic rings. The lowest BCUT2D eigenvalue weighted by molar-refractivity contribution is -0.525. The van der Waals surface area contributed by atoms with Crippen LogP contribution in [0.3, 0.4) is 0 Å². The van der Waals surface area contributed by atoms with Crippen LogP contribution < -0.4 is 0 Å². The minimum atomic E-state index is -0.459. The number of hydrogen-bond acceptors (Lipinski definition) is 3. The molecule has 4 heterocycles. The normalized spacial score (nSPS) is 56.4. The van der Waals surface area contributed by atoms with Gasteiger partial charge in [-0.3, -0.25) is 0 Å². The fourth-order valence-electron chi connectivity index (χ4n) is 4.87. The largest absolute Gasteiger partial charge is 0.343 e. The molecule has 0 saturated carbocycles. The molecule has 0 amide bonds. The van der Waals surface area contributed by atoms with Crippen molar-refractivity contribution in [1.29, 1.82) is 0 Å². The molecule has 3 nitrogen and oxygen atoms in total. The van der Waals surface area contributed by atoms with Crippen LogP contribution in [0.25, 0.3) is 0 Å². The summed E-state index contributed by atoms with van der Waals surface area (Å²) >= 11 is 0. The molecule has 4 fully saturated rings. The van der Waals surface area contributed by atoms with Crippen molar-refractivity contribution in [1.82, 2.24) is 0 Å². The minimum absolute atomic E-state index is 0.0895. The molecule has 0 radical (unpaired) electrons. The average molecular weight is 286 g/mol. The molecule has 4 aliphatic heterocycles. The maximum absolute atomic E-state index is 6.37. The van der Waals surface area contributed by atoms with E-state index in [4.69, 9.17) is 14.2 Å². The zero-order valence-corrected chi connectivity index (χ0v) is 13.8. The molecule has 4 aliphatic rings. The molecule has 4 saturated heterocycles. The summed E-state index contributed by atoms with van der Waals surface area (Å²) in [5, 5.41) is 0. The van der Waals surface area contributed by atoms with Gasteiger partial charge in [0, 0.05) is 18.8 Å². The van der Waals surface area contributed by atoms with E-state index < -0.39 is 11.6 Å². The third-order valence-corrected chi connectivity index (χ3v) is 6.47. The van der Waals surface area contributed by atoms with Gasteiger partial charge in [-0.1, -0.05) is 13.3 Å². The van der Waals surface area contributed by atoms with Gasteiger partial charge in [0.05, 0.1) is 11.2 Å². The quantitative estimate of drug-likeness (QED) is 0.584. The number of hydrogen-bond donors (Lipinski definition) is 0. The van der Waals surface area contributed by atoms with E-state index in [1.807, 2.05) is 0 Å². The molecular formula is C15H27O3P. The van der Waals surface area contributed by atoms with E-state index >= 15 is 0 Å². The third kappa shape index (κ3) is 2.18. The summed E-state index contributed by atoms with van der Waals surface area (Å²) in [6.45, 7) is 11.0. The maximum Gasteiger partial charge on any atom is 0.172 e. The lowest BCUT2D eigenvalue weighted by atomic mass is 9.65. The van der Waals surface area contributed by atoms with E-state index in [1.54, 1.807) is 0 Å². The first-order valence-electron chi connectivity index (χ1n) is 7.54. The van der Waals surface area contributed by atoms with Gasteiger partial charge in [-0.25, -0.2) is 0 Å². The molecule has 110 valence electrons. The number of rotatable bonds is 4. The van der Waals surface area contributed by atoms with Gasteiger partial charge in [0.15, 0.2) is 11.6 Å². The van der Waals surface area contributed by atoms with Gasteiger partial charge in [-0.05, 0) is 40.0 Å². The highest BCUT2D eigenvalue weighted by atomic mass is 31.1. The van der Waals surface area contributed by atoms with Gasteiger partial charge in [0.2, 0.25) is 0 Å². The van der Waals surface area contributed by atoms with E-state index in [2.05, 4.69) is 34.6 Å². The molecule has 0 N–H and O–H groups in total. The highest BCUT2D eigenvalue weighted by Gasteiger charge is 2.70. The predicted octanol–water partition coefficient (Wildman–Crippen LogP) is 3.51. The highest BCUT2D eigenvalue weighted by Crippen LogP contribution is 2.62. The van der Waals surface area contributed by atoms with Crippen LogP contribution in [0.2, 0.25) is 0 Å². The second-order valence-corrected chi connectivity index (χ2v) is 8.72. The standard InChI is InChI=1S/C15H27O3P/c1-6-7-19-8-11-12(2)9-14(4)17-13(11,3)10-15(5,16-12)18-14/h11,19H,6-10H2,1-5H3. The Morgan fingerprint density at radius 2 is 1.47 bits per heavy atom. The second-order valence-electron chi connectivity index (χ2n) is 7.31. The molecular weight excluding hydrogens is 259 g/mol. The van der Waals surface area contributed by atoms with Crippen LogP contribution >= 0.6 is 8.58 Å². The van der Waals surface area contributed by atoms with E-state index in [-0.39, 0.29) is 11.2 Å². The molecule has 0 aliphatic carbocycles. The van der Waals surface area contributed by atoms with Gasteiger partial charge in [-0.15, -0.1) is 8.58 Å². The summed E-state index contributed by atoms with van der Waals surface area (Å²) in [6, 6.07) is 0. The van der Waals surface area contributed by atoms with E-state index in [0.717, 1.165) is 21.4 Å². The van der Waals surface area contributed by atoms with Crippen LogP contribution in [0.1, 0.15) is 53.9 Å². The van der Waals surface area contributed by atoms with E-state index in [1.165, 1.54) is 18.7 Å². The van der Waals surface area contributed by atoms with Crippen molar-refractivity contribution < 1.29 is 14.2 Å². The molecule has 19 heavy (non-hydrogen) atoms. The Balaban J connectivity index is 1.87. The number of ether oxygens (including phenoxy) is 3. The van der Waals surface area contributed by atoms with Crippen LogP contribution in [-0.4, -0.2) is 35.1 Å². The van der Waals surface area contributed by atoms with Crippen LogP contribution in [-0.2, 0) is 14.2 Å². The van der Waals surface area contributed by atoms with Crippen molar-refractivity contribution >= 4 is 8.58 Å². The zero-order valence-electron chi connectivity index (χ0n) is 12.8. The second kappa shape index (κ2) is 4.16. The van der Waals surface area contributed by atoms with E-state index in [9.17, 15) is 0 Å². The SMILES string of the molecule is CCCPCC1C2(C)CC3(C)OC(C)(CC1(C)O3)O2. The Labute approximate surface area is 118 Å². The topological polar surface area (TPSA) is 27.7 Å². The average Bonchev–Trinajstić information content (AvgIpc) is 2.16. The van der Waals surface area contributed by atoms with E-state index in [0.29, 0.717) is 5.92 Å². The first kappa shape index (κ1) is 14.3. The Morgan fingerprint density at radius 1 is 0.947 bits per heavy atom. The van der Waals surface area contributed by atoms with Crippen LogP contribution in [0.4, 0.5) is 0 Å². The van der Waals surface area contributed by atoms with Gasteiger partial charge in [0.1, 0.15) is 0 Å². The van der Waals surface area contributed by atoms with Gasteiger partial charge >= 0.3 is 0 Å². The summed E-state index contributed by atoms with van der Waals surface area (Å²) in [5.41, 5.74) is -0.179. The Bertz CT molecular complexity index is 340. The van der Waals surface area contributed by atoms with Crippen molar-refractivity contribution in [3.05, 3.63) is 0 Å². The third-order valence-electron chi connectivity index (χ3n) is 4.92. The maximum atomic E-state index is 6.37. The van der Waals surface area contributed by atoms with Crippen molar-refractivity contribution in [3.8, 4) is 0 Å². The lowest BCUT2D eigenvalue weighted by Crippen LogP contribution is -2.77. The Morgan fingerprint density at radius 3 is 1.95 bits per heavy atom. The zero-order chi connectivity index (χ0) is 13.9. The molecule has 4 rings (SSSR count). The molecule has 5 unspecified atom stereocenters. The minimum Gasteiger partial charge on any atom is -0.343 e. The first-order valence-corrected chi connectivity index (χ1v) is 8.95. The van der Waals surface area contributed by atoms with Crippen molar-refractivity contribution in [3.63, 3.8) is 0 Å². The van der Waals surface area contributed by atoms with Crippen LogP contribution in [0, 0.1) is 5.92 Å².